The molecule has 2 aromatic rings. The molecule has 0 bridgehead atoms. The topological polar surface area (TPSA) is 71.4 Å². The third-order valence-corrected chi connectivity index (χ3v) is 5.16. The number of ether oxygens (including phenoxy) is 2. The van der Waals surface area contributed by atoms with Crippen molar-refractivity contribution in [1.29, 1.82) is 0 Å². The minimum Gasteiger partial charge on any atom is -0.496 e. The van der Waals surface area contributed by atoms with Gasteiger partial charge in [-0.25, -0.2) is 0 Å². The highest BCUT2D eigenvalue weighted by Crippen LogP contribution is 2.25. The van der Waals surface area contributed by atoms with E-state index in [1.807, 2.05) is 59.5 Å². The molecule has 1 unspecified atom stereocenters. The van der Waals surface area contributed by atoms with Crippen molar-refractivity contribution in [1.82, 2.24) is 9.80 Å². The van der Waals surface area contributed by atoms with Gasteiger partial charge in [-0.2, -0.15) is 4.99 Å². The molecular weight excluding hydrogens is 382 g/mol. The first kappa shape index (κ1) is 19.7. The quantitative estimate of drug-likeness (QED) is 0.731. The summed E-state index contributed by atoms with van der Waals surface area (Å²) in [5.41, 5.74) is 1.64. The number of aliphatic imine (C=N–C) groups is 1. The Balaban J connectivity index is 1.33. The highest BCUT2D eigenvalue weighted by molar-refractivity contribution is 5.99. The van der Waals surface area contributed by atoms with Crippen LogP contribution < -0.4 is 4.74 Å². The summed E-state index contributed by atoms with van der Waals surface area (Å²) in [6, 6.07) is 17.2. The number of para-hydroxylation sites is 1. The van der Waals surface area contributed by atoms with E-state index in [9.17, 15) is 9.59 Å². The van der Waals surface area contributed by atoms with E-state index in [4.69, 9.17) is 9.47 Å². The van der Waals surface area contributed by atoms with Gasteiger partial charge in [0.05, 0.1) is 7.11 Å². The zero-order valence-corrected chi connectivity index (χ0v) is 16.7. The van der Waals surface area contributed by atoms with Crippen LogP contribution in [0.1, 0.15) is 17.2 Å². The van der Waals surface area contributed by atoms with Gasteiger partial charge in [-0.1, -0.05) is 48.5 Å². The molecule has 2 aliphatic rings. The van der Waals surface area contributed by atoms with Crippen molar-refractivity contribution in [3.63, 3.8) is 0 Å². The van der Waals surface area contributed by atoms with Crippen molar-refractivity contribution >= 4 is 23.9 Å². The van der Waals surface area contributed by atoms with E-state index < -0.39 is 6.10 Å². The maximum atomic E-state index is 12.6. The number of benzene rings is 2. The van der Waals surface area contributed by atoms with Gasteiger partial charge in [0.25, 0.3) is 11.9 Å². The van der Waals surface area contributed by atoms with Crippen LogP contribution in [0, 0.1) is 0 Å². The van der Waals surface area contributed by atoms with Gasteiger partial charge >= 0.3 is 0 Å². The lowest BCUT2D eigenvalue weighted by molar-refractivity contribution is -0.127. The summed E-state index contributed by atoms with van der Waals surface area (Å²) < 4.78 is 11.1. The monoisotopic (exact) mass is 405 g/mol. The molecule has 0 radical (unpaired) electrons. The summed E-state index contributed by atoms with van der Waals surface area (Å²) in [5, 5.41) is 0. The Kier molecular flexibility index (Phi) is 5.79. The molecule has 2 amide bonds. The maximum Gasteiger partial charge on any atom is 0.296 e. The Morgan fingerprint density at radius 2 is 1.77 bits per heavy atom. The Morgan fingerprint density at radius 1 is 1.07 bits per heavy atom. The zero-order chi connectivity index (χ0) is 20.9. The first-order chi connectivity index (χ1) is 14.7. The van der Waals surface area contributed by atoms with Gasteiger partial charge in [0.2, 0.25) is 12.0 Å². The molecule has 0 saturated carbocycles. The molecule has 154 valence electrons. The molecule has 0 spiro atoms. The number of hydrogen-bond donors (Lipinski definition) is 0. The predicted octanol–water partition coefficient (Wildman–Crippen LogP) is 2.51. The molecule has 0 aliphatic carbocycles. The number of hydrogen-bond acceptors (Lipinski definition) is 5. The minimum atomic E-state index is -0.690. The summed E-state index contributed by atoms with van der Waals surface area (Å²) >= 11 is 0. The van der Waals surface area contributed by atoms with Crippen molar-refractivity contribution < 1.29 is 19.1 Å². The number of carbonyl (C=O) groups excluding carboxylic acids is 2. The second-order valence-electron chi connectivity index (χ2n) is 7.03. The lowest BCUT2D eigenvalue weighted by Crippen LogP contribution is -2.50. The average molecular weight is 405 g/mol. The Morgan fingerprint density at radius 3 is 2.50 bits per heavy atom. The third kappa shape index (κ3) is 4.20. The largest absolute Gasteiger partial charge is 0.496 e. The second kappa shape index (κ2) is 8.82. The van der Waals surface area contributed by atoms with Crippen molar-refractivity contribution in [2.45, 2.75) is 6.10 Å². The molecular formula is C23H23N3O4. The molecule has 2 heterocycles. The smallest absolute Gasteiger partial charge is 0.296 e. The van der Waals surface area contributed by atoms with Crippen LogP contribution in [-0.2, 0) is 14.3 Å². The van der Waals surface area contributed by atoms with Crippen LogP contribution in [0.25, 0.3) is 6.08 Å². The third-order valence-electron chi connectivity index (χ3n) is 5.16. The first-order valence-electron chi connectivity index (χ1n) is 9.85. The second-order valence-corrected chi connectivity index (χ2v) is 7.03. The SMILES string of the molecule is COc1ccccc1/C=C/C(=O)N1CCN(C2=NC(=O)C(c3ccccc3)O2)CC1. The molecule has 4 rings (SSSR count). The van der Waals surface area contributed by atoms with E-state index in [-0.39, 0.29) is 11.8 Å². The fourth-order valence-corrected chi connectivity index (χ4v) is 3.51. The van der Waals surface area contributed by atoms with E-state index in [2.05, 4.69) is 4.99 Å². The zero-order valence-electron chi connectivity index (χ0n) is 16.7. The van der Waals surface area contributed by atoms with Crippen molar-refractivity contribution in [3.8, 4) is 5.75 Å². The summed E-state index contributed by atoms with van der Waals surface area (Å²) in [6.45, 7) is 2.17. The van der Waals surface area contributed by atoms with Gasteiger partial charge < -0.3 is 19.3 Å². The molecule has 30 heavy (non-hydrogen) atoms. The Bertz CT molecular complexity index is 979. The van der Waals surface area contributed by atoms with Crippen LogP contribution in [0.15, 0.2) is 65.7 Å². The van der Waals surface area contributed by atoms with Crippen LogP contribution in [0.4, 0.5) is 0 Å². The normalized spacial score (nSPS) is 19.0. The maximum absolute atomic E-state index is 12.6. The number of amidine groups is 1. The number of methoxy groups -OCH3 is 1. The molecule has 2 aromatic carbocycles. The molecule has 1 fully saturated rings. The number of carbonyl (C=O) groups is 2. The van der Waals surface area contributed by atoms with Gasteiger partial charge in [0.15, 0.2) is 0 Å². The van der Waals surface area contributed by atoms with E-state index in [1.165, 1.54) is 0 Å². The van der Waals surface area contributed by atoms with Crippen LogP contribution >= 0.6 is 0 Å². The molecule has 7 heteroatoms. The number of piperazine rings is 1. The standard InChI is InChI=1S/C23H23N3O4/c1-29-19-10-6-5-7-17(19)11-12-20(27)25-13-15-26(16-14-25)23-24-22(28)21(30-23)18-8-3-2-4-9-18/h2-12,21H,13-16H2,1H3/b12-11+. The van der Waals surface area contributed by atoms with Crippen LogP contribution in [0.3, 0.4) is 0 Å². The van der Waals surface area contributed by atoms with E-state index >= 15 is 0 Å². The molecule has 1 saturated heterocycles. The number of nitrogens with zero attached hydrogens (tertiary/aromatic N) is 3. The summed E-state index contributed by atoms with van der Waals surface area (Å²) in [4.78, 5) is 32.6. The van der Waals surface area contributed by atoms with Crippen LogP contribution in [0.2, 0.25) is 0 Å². The lowest BCUT2D eigenvalue weighted by Gasteiger charge is -2.34. The molecule has 1 atom stereocenters. The molecule has 7 nitrogen and oxygen atoms in total. The fraction of sp³-hybridized carbons (Fsp3) is 0.261. The van der Waals surface area contributed by atoms with E-state index in [1.54, 1.807) is 24.2 Å². The molecule has 0 N–H and O–H groups in total. The van der Waals surface area contributed by atoms with Gasteiger partial charge in [-0.3, -0.25) is 9.59 Å². The van der Waals surface area contributed by atoms with Gasteiger partial charge in [0.1, 0.15) is 5.75 Å². The summed E-state index contributed by atoms with van der Waals surface area (Å²) in [7, 11) is 1.61. The Labute approximate surface area is 175 Å². The lowest BCUT2D eigenvalue weighted by atomic mass is 10.1. The highest BCUT2D eigenvalue weighted by atomic mass is 16.5. The number of amides is 2. The average Bonchev–Trinajstić information content (AvgIpc) is 3.20. The Hall–Kier alpha value is -3.61. The summed E-state index contributed by atoms with van der Waals surface area (Å²) in [5.74, 6) is 0.364. The molecule has 0 aromatic heterocycles. The first-order valence-corrected chi connectivity index (χ1v) is 9.85. The van der Waals surface area contributed by atoms with Crippen molar-refractivity contribution in [2.24, 2.45) is 4.99 Å². The molecule has 2 aliphatic heterocycles. The van der Waals surface area contributed by atoms with Crippen LogP contribution in [0.5, 0.6) is 5.75 Å². The highest BCUT2D eigenvalue weighted by Gasteiger charge is 2.34. The van der Waals surface area contributed by atoms with Gasteiger partial charge in [0, 0.05) is 43.4 Å². The fourth-order valence-electron chi connectivity index (χ4n) is 3.51. The van der Waals surface area contributed by atoms with Gasteiger partial charge in [-0.15, -0.1) is 0 Å². The van der Waals surface area contributed by atoms with Crippen molar-refractivity contribution in [2.75, 3.05) is 33.3 Å². The van der Waals surface area contributed by atoms with Crippen LogP contribution in [-0.4, -0.2) is 60.9 Å². The minimum absolute atomic E-state index is 0.0620. The number of rotatable bonds is 4. The van der Waals surface area contributed by atoms with E-state index in [0.29, 0.717) is 32.2 Å². The van der Waals surface area contributed by atoms with E-state index in [0.717, 1.165) is 16.9 Å². The summed E-state index contributed by atoms with van der Waals surface area (Å²) in [6.07, 6.45) is 2.64. The predicted molar refractivity (Wildman–Crippen MR) is 113 cm³/mol. The van der Waals surface area contributed by atoms with Gasteiger partial charge in [-0.05, 0) is 12.1 Å². The van der Waals surface area contributed by atoms with Crippen molar-refractivity contribution in [3.05, 3.63) is 71.8 Å².